The number of carbonyl (C=O) groups excluding carboxylic acids is 3. The topological polar surface area (TPSA) is 112 Å². The predicted molar refractivity (Wildman–Crippen MR) is 132 cm³/mol. The summed E-state index contributed by atoms with van der Waals surface area (Å²) in [5.74, 6) is 4.58. The van der Waals surface area contributed by atoms with Gasteiger partial charge in [-0.25, -0.2) is 14.4 Å². The van der Waals surface area contributed by atoms with Gasteiger partial charge in [-0.05, 0) is 30.3 Å². The molecule has 5 rings (SSSR count). The first-order chi connectivity index (χ1) is 18.0. The van der Waals surface area contributed by atoms with Crippen molar-refractivity contribution in [2.45, 2.75) is 5.60 Å². The Morgan fingerprint density at radius 3 is 1.89 bits per heavy atom. The van der Waals surface area contributed by atoms with Crippen molar-refractivity contribution >= 4 is 29.5 Å². The van der Waals surface area contributed by atoms with E-state index in [1.165, 1.54) is 0 Å². The van der Waals surface area contributed by atoms with Crippen molar-refractivity contribution in [1.82, 2.24) is 0 Å². The van der Waals surface area contributed by atoms with Crippen molar-refractivity contribution < 1.29 is 33.3 Å². The minimum atomic E-state index is -1.32. The van der Waals surface area contributed by atoms with Gasteiger partial charge in [0.15, 0.2) is 18.8 Å². The van der Waals surface area contributed by atoms with E-state index in [9.17, 15) is 14.4 Å². The minimum Gasteiger partial charge on any atom is -0.456 e. The highest BCUT2D eigenvalue weighted by atomic mass is 16.6. The molecule has 182 valence electrons. The van der Waals surface area contributed by atoms with E-state index in [4.69, 9.17) is 31.8 Å². The normalized spacial score (nSPS) is 13.4. The van der Waals surface area contributed by atoms with Crippen molar-refractivity contribution in [1.29, 1.82) is 0 Å². The second-order valence-corrected chi connectivity index (χ2v) is 7.95. The summed E-state index contributed by atoms with van der Waals surface area (Å²) in [5, 5.41) is 5.16. The Hall–Kier alpha value is -5.41. The van der Waals surface area contributed by atoms with Gasteiger partial charge in [-0.1, -0.05) is 30.0 Å². The molecule has 0 aromatic heterocycles. The molecule has 0 aliphatic carbocycles. The molecule has 0 bridgehead atoms. The van der Waals surface area contributed by atoms with E-state index in [1.807, 2.05) is 12.1 Å². The number of nitrogens with one attached hydrogen (secondary N) is 2. The van der Waals surface area contributed by atoms with E-state index in [-0.39, 0.29) is 13.2 Å². The van der Waals surface area contributed by atoms with Gasteiger partial charge in [0.25, 0.3) is 0 Å². The van der Waals surface area contributed by atoms with E-state index < -0.39 is 23.8 Å². The quantitative estimate of drug-likeness (QED) is 0.309. The van der Waals surface area contributed by atoms with Gasteiger partial charge in [0.2, 0.25) is 0 Å². The predicted octanol–water partition coefficient (Wildman–Crippen LogP) is 4.62. The Kier molecular flexibility index (Phi) is 5.88. The Morgan fingerprint density at radius 1 is 0.811 bits per heavy atom. The highest BCUT2D eigenvalue weighted by Crippen LogP contribution is 2.56. The summed E-state index contributed by atoms with van der Waals surface area (Å²) in [6, 6.07) is 16.9. The number of hydrogen-bond acceptors (Lipinski definition) is 7. The average Bonchev–Trinajstić information content (AvgIpc) is 3.19. The lowest BCUT2D eigenvalue weighted by molar-refractivity contribution is 0.0224. The molecule has 2 aliphatic heterocycles. The van der Waals surface area contributed by atoms with Crippen LogP contribution in [-0.4, -0.2) is 31.4 Å². The molecule has 37 heavy (non-hydrogen) atoms. The molecule has 9 nitrogen and oxygen atoms in total. The number of terminal acetylenes is 2. The number of esters is 1. The van der Waals surface area contributed by atoms with E-state index >= 15 is 0 Å². The number of fused-ring (bicyclic) bond motifs is 6. The Labute approximate surface area is 211 Å². The molecule has 9 heteroatoms. The van der Waals surface area contributed by atoms with Gasteiger partial charge in [-0.3, -0.25) is 10.6 Å². The smallest absolute Gasteiger partial charge is 0.412 e. The number of carbonyl (C=O) groups is 3. The van der Waals surface area contributed by atoms with Crippen LogP contribution in [0.1, 0.15) is 27.0 Å². The van der Waals surface area contributed by atoms with Crippen molar-refractivity contribution in [2.24, 2.45) is 0 Å². The third-order valence-corrected chi connectivity index (χ3v) is 5.78. The van der Waals surface area contributed by atoms with Crippen molar-refractivity contribution in [2.75, 3.05) is 23.8 Å². The van der Waals surface area contributed by atoms with Crippen LogP contribution < -0.4 is 15.4 Å². The monoisotopic (exact) mass is 494 g/mol. The first-order valence-electron chi connectivity index (χ1n) is 11.0. The van der Waals surface area contributed by atoms with Crippen molar-refractivity contribution in [3.8, 4) is 36.2 Å². The van der Waals surface area contributed by atoms with E-state index in [2.05, 4.69) is 22.5 Å². The fourth-order valence-corrected chi connectivity index (χ4v) is 4.35. The zero-order chi connectivity index (χ0) is 26.0. The lowest BCUT2D eigenvalue weighted by atomic mass is 9.77. The summed E-state index contributed by atoms with van der Waals surface area (Å²) in [4.78, 5) is 37.0. The van der Waals surface area contributed by atoms with Gasteiger partial charge in [0.05, 0.1) is 5.56 Å². The fraction of sp³-hybridized carbons (Fsp3) is 0.107. The second kappa shape index (κ2) is 9.33. The fourth-order valence-electron chi connectivity index (χ4n) is 4.35. The van der Waals surface area contributed by atoms with Crippen LogP contribution in [0.15, 0.2) is 60.7 Å². The van der Waals surface area contributed by atoms with Gasteiger partial charge < -0.3 is 18.9 Å². The van der Waals surface area contributed by atoms with E-state index in [0.29, 0.717) is 45.1 Å². The maximum absolute atomic E-state index is 12.9. The van der Waals surface area contributed by atoms with Gasteiger partial charge in [0.1, 0.15) is 11.5 Å². The third-order valence-electron chi connectivity index (χ3n) is 5.78. The number of ether oxygens (including phenoxy) is 4. The Bertz CT molecular complexity index is 1450. The molecule has 0 fully saturated rings. The van der Waals surface area contributed by atoms with Gasteiger partial charge in [0, 0.05) is 40.2 Å². The van der Waals surface area contributed by atoms with Crippen molar-refractivity contribution in [3.05, 3.63) is 82.9 Å². The molecular weight excluding hydrogens is 476 g/mol. The highest BCUT2D eigenvalue weighted by molar-refractivity contribution is 5.97. The molecule has 3 aromatic rings. The Morgan fingerprint density at radius 2 is 1.35 bits per heavy atom. The van der Waals surface area contributed by atoms with Crippen LogP contribution >= 0.6 is 0 Å². The average molecular weight is 494 g/mol. The summed E-state index contributed by atoms with van der Waals surface area (Å²) in [5.41, 5.74) is 1.57. The standard InChI is InChI=1S/C28H18N2O7/c1-3-13-34-26(32)29-17-9-11-21-23(15-17)36-24-16-18(30-27(33)35-14-4-2)10-12-22(24)28(21)20-8-6-5-7-19(20)25(31)37-28/h1-2,5-12,15-16H,13-14H2,(H,29,32)(H,30,33). The summed E-state index contributed by atoms with van der Waals surface area (Å²) < 4.78 is 22.0. The molecular formula is C28H18N2O7. The zero-order valence-electron chi connectivity index (χ0n) is 19.2. The third kappa shape index (κ3) is 4.05. The zero-order valence-corrected chi connectivity index (χ0v) is 19.2. The number of benzene rings is 3. The minimum absolute atomic E-state index is 0.184. The lowest BCUT2D eigenvalue weighted by Crippen LogP contribution is -2.33. The van der Waals surface area contributed by atoms with Crippen LogP contribution in [0.4, 0.5) is 21.0 Å². The molecule has 0 atom stereocenters. The lowest BCUT2D eigenvalue weighted by Gasteiger charge is -2.36. The van der Waals surface area contributed by atoms with E-state index in [1.54, 1.807) is 48.5 Å². The van der Waals surface area contributed by atoms with Crippen LogP contribution in [0, 0.1) is 24.7 Å². The number of anilines is 2. The number of amides is 2. The number of rotatable bonds is 4. The largest absolute Gasteiger partial charge is 0.456 e. The summed E-state index contributed by atoms with van der Waals surface area (Å²) >= 11 is 0. The SMILES string of the molecule is C#CCOC(=O)Nc1ccc2c(c1)Oc1cc(NC(=O)OCC#C)ccc1C21OC(=O)c2ccccc21. The molecule has 0 saturated carbocycles. The molecule has 0 unspecified atom stereocenters. The highest BCUT2D eigenvalue weighted by Gasteiger charge is 2.53. The molecule has 0 radical (unpaired) electrons. The molecule has 2 heterocycles. The van der Waals surface area contributed by atoms with Crippen LogP contribution in [-0.2, 0) is 19.8 Å². The Balaban J connectivity index is 1.60. The molecule has 1 spiro atoms. The maximum atomic E-state index is 12.9. The van der Waals surface area contributed by atoms with Crippen LogP contribution in [0.5, 0.6) is 11.5 Å². The molecule has 2 amide bonds. The van der Waals surface area contributed by atoms with Gasteiger partial charge in [-0.15, -0.1) is 12.8 Å². The second-order valence-electron chi connectivity index (χ2n) is 7.95. The number of hydrogen-bond donors (Lipinski definition) is 2. The van der Waals surface area contributed by atoms with E-state index in [0.717, 1.165) is 0 Å². The van der Waals surface area contributed by atoms with Crippen LogP contribution in [0.25, 0.3) is 0 Å². The van der Waals surface area contributed by atoms with Gasteiger partial charge in [-0.2, -0.15) is 0 Å². The van der Waals surface area contributed by atoms with Crippen LogP contribution in [0.2, 0.25) is 0 Å². The summed E-state index contributed by atoms with van der Waals surface area (Å²) in [6.45, 7) is -0.369. The summed E-state index contributed by atoms with van der Waals surface area (Å²) in [7, 11) is 0. The van der Waals surface area contributed by atoms with Crippen LogP contribution in [0.3, 0.4) is 0 Å². The molecule has 3 aromatic carbocycles. The maximum Gasteiger partial charge on any atom is 0.412 e. The first-order valence-corrected chi connectivity index (χ1v) is 11.0. The van der Waals surface area contributed by atoms with Gasteiger partial charge >= 0.3 is 18.2 Å². The molecule has 2 N–H and O–H groups in total. The van der Waals surface area contributed by atoms with Crippen molar-refractivity contribution in [3.63, 3.8) is 0 Å². The first kappa shape index (κ1) is 23.3. The molecule has 2 aliphatic rings. The molecule has 0 saturated heterocycles. The summed E-state index contributed by atoms with van der Waals surface area (Å²) in [6.07, 6.45) is 8.79.